The summed E-state index contributed by atoms with van der Waals surface area (Å²) in [5, 5.41) is 20.4. The SMILES string of the molecule is Nc1nc2c(ncn2[C@H]2O[C@H](COP(=O)(O)OP(=O)(O)OP(=O)(O)O)[C@@H](O)[C@H]2O)c(=O)[nH]1. The van der Waals surface area contributed by atoms with Crippen molar-refractivity contribution < 1.29 is 61.4 Å². The number of fused-ring (bicyclic) bond motifs is 1. The molecule has 0 bridgehead atoms. The van der Waals surface area contributed by atoms with Crippen LogP contribution in [0.15, 0.2) is 11.1 Å². The van der Waals surface area contributed by atoms with Gasteiger partial charge in [0.2, 0.25) is 5.95 Å². The third kappa shape index (κ3) is 5.67. The Morgan fingerprint density at radius 1 is 1.12 bits per heavy atom. The van der Waals surface area contributed by atoms with Crippen LogP contribution in [0.25, 0.3) is 11.2 Å². The highest BCUT2D eigenvalue weighted by Gasteiger charge is 2.47. The van der Waals surface area contributed by atoms with Crippen LogP contribution in [0.4, 0.5) is 5.95 Å². The van der Waals surface area contributed by atoms with E-state index in [-0.39, 0.29) is 17.1 Å². The molecule has 0 aliphatic carbocycles. The van der Waals surface area contributed by atoms with E-state index >= 15 is 0 Å². The molecule has 9 N–H and O–H groups in total. The first-order chi connectivity index (χ1) is 14.6. The summed E-state index contributed by atoms with van der Waals surface area (Å²) in [5.74, 6) is -0.276. The van der Waals surface area contributed by atoms with Crippen molar-refractivity contribution in [1.29, 1.82) is 0 Å². The fraction of sp³-hybridized carbons (Fsp3) is 0.500. The number of nitrogens with one attached hydrogen (secondary N) is 1. The molecule has 32 heavy (non-hydrogen) atoms. The number of anilines is 1. The number of nitrogens with two attached hydrogens (primary N) is 1. The maximum absolute atomic E-state index is 11.9. The summed E-state index contributed by atoms with van der Waals surface area (Å²) in [7, 11) is -16.8. The fourth-order valence-corrected chi connectivity index (χ4v) is 5.73. The normalized spacial score (nSPS) is 27.9. The number of hydrogen-bond acceptors (Lipinski definition) is 13. The molecule has 180 valence electrons. The zero-order valence-electron chi connectivity index (χ0n) is 15.3. The Morgan fingerprint density at radius 2 is 1.78 bits per heavy atom. The van der Waals surface area contributed by atoms with Gasteiger partial charge >= 0.3 is 23.5 Å². The first kappa shape index (κ1) is 25.1. The number of imidazole rings is 1. The van der Waals surface area contributed by atoms with Crippen LogP contribution in [0.2, 0.25) is 0 Å². The molecule has 19 nitrogen and oxygen atoms in total. The Labute approximate surface area is 175 Å². The van der Waals surface area contributed by atoms with Crippen molar-refractivity contribution in [2.45, 2.75) is 24.5 Å². The number of hydrogen-bond donors (Lipinski definition) is 8. The third-order valence-corrected chi connectivity index (χ3v) is 7.68. The van der Waals surface area contributed by atoms with Gasteiger partial charge in [0, 0.05) is 0 Å². The molecule has 6 atom stereocenters. The Balaban J connectivity index is 1.72. The highest BCUT2D eigenvalue weighted by molar-refractivity contribution is 7.66. The Morgan fingerprint density at radius 3 is 2.41 bits per heavy atom. The van der Waals surface area contributed by atoms with Crippen molar-refractivity contribution in [3.63, 3.8) is 0 Å². The molecule has 0 amide bonds. The summed E-state index contributed by atoms with van der Waals surface area (Å²) in [4.78, 5) is 57.3. The average molecular weight is 523 g/mol. The van der Waals surface area contributed by atoms with Crippen LogP contribution in [0, 0.1) is 0 Å². The molecule has 1 saturated heterocycles. The number of phosphoric acid groups is 3. The number of phosphoric ester groups is 1. The molecule has 22 heteroatoms. The molecule has 2 aromatic heterocycles. The number of nitrogens with zero attached hydrogens (tertiary/aromatic N) is 3. The topological polar surface area (TPSA) is 299 Å². The van der Waals surface area contributed by atoms with E-state index < -0.39 is 60.2 Å². The molecule has 3 heterocycles. The van der Waals surface area contributed by atoms with Crippen LogP contribution in [-0.4, -0.2) is 74.2 Å². The predicted molar refractivity (Wildman–Crippen MR) is 98.3 cm³/mol. The number of aliphatic hydroxyl groups excluding tert-OH is 2. The minimum atomic E-state index is -5.73. The van der Waals surface area contributed by atoms with E-state index in [1.54, 1.807) is 0 Å². The molecule has 2 aromatic rings. The largest absolute Gasteiger partial charge is 0.490 e. The second-order valence-corrected chi connectivity index (χ2v) is 10.6. The maximum atomic E-state index is 11.9. The second kappa shape index (κ2) is 8.66. The van der Waals surface area contributed by atoms with Gasteiger partial charge in [0.15, 0.2) is 17.4 Å². The third-order valence-electron chi connectivity index (χ3n) is 3.88. The van der Waals surface area contributed by atoms with Crippen molar-refractivity contribution in [2.75, 3.05) is 12.3 Å². The van der Waals surface area contributed by atoms with Crippen LogP contribution in [-0.2, 0) is 31.6 Å². The zero-order chi connectivity index (χ0) is 24.1. The molecular weight excluding hydrogens is 507 g/mol. The maximum Gasteiger partial charge on any atom is 0.490 e. The van der Waals surface area contributed by atoms with Gasteiger partial charge in [-0.05, 0) is 0 Å². The zero-order valence-corrected chi connectivity index (χ0v) is 18.0. The van der Waals surface area contributed by atoms with Gasteiger partial charge in [0.05, 0.1) is 12.9 Å². The number of nitrogen functional groups attached to an aromatic ring is 1. The lowest BCUT2D eigenvalue weighted by atomic mass is 10.1. The van der Waals surface area contributed by atoms with Gasteiger partial charge < -0.3 is 40.3 Å². The number of H-pyrrole nitrogens is 1. The number of aliphatic hydroxyl groups is 2. The monoisotopic (exact) mass is 523 g/mol. The van der Waals surface area contributed by atoms with E-state index in [9.17, 15) is 33.6 Å². The summed E-state index contributed by atoms with van der Waals surface area (Å²) in [6.45, 7) is -1.01. The molecule has 0 saturated carbocycles. The predicted octanol–water partition coefficient (Wildman–Crippen LogP) is -2.34. The van der Waals surface area contributed by atoms with E-state index in [0.29, 0.717) is 0 Å². The minimum absolute atomic E-state index is 0.115. The molecule has 2 unspecified atom stereocenters. The van der Waals surface area contributed by atoms with Crippen molar-refractivity contribution in [2.24, 2.45) is 0 Å². The van der Waals surface area contributed by atoms with E-state index in [1.807, 2.05) is 0 Å². The number of aromatic nitrogens is 4. The summed E-state index contributed by atoms with van der Waals surface area (Å²) < 4.78 is 51.6. The molecule has 0 aromatic carbocycles. The van der Waals surface area contributed by atoms with Crippen molar-refractivity contribution in [3.8, 4) is 0 Å². The molecule has 1 aliphatic rings. The number of rotatable bonds is 8. The van der Waals surface area contributed by atoms with Gasteiger partial charge in [-0.3, -0.25) is 18.9 Å². The summed E-state index contributed by atoms with van der Waals surface area (Å²) in [6.07, 6.45) is -5.33. The quantitative estimate of drug-likeness (QED) is 0.168. The molecular formula is C10H16N5O14P3. The lowest BCUT2D eigenvalue weighted by Gasteiger charge is -2.19. The van der Waals surface area contributed by atoms with Gasteiger partial charge in [-0.25, -0.2) is 18.7 Å². The smallest absolute Gasteiger partial charge is 0.387 e. The van der Waals surface area contributed by atoms with Gasteiger partial charge in [-0.2, -0.15) is 13.6 Å². The molecule has 0 radical (unpaired) electrons. The van der Waals surface area contributed by atoms with E-state index in [1.165, 1.54) is 0 Å². The van der Waals surface area contributed by atoms with Crippen molar-refractivity contribution in [3.05, 3.63) is 16.7 Å². The van der Waals surface area contributed by atoms with Gasteiger partial charge in [-0.15, -0.1) is 0 Å². The fourth-order valence-electron chi connectivity index (χ4n) is 2.70. The molecule has 3 rings (SSSR count). The van der Waals surface area contributed by atoms with E-state index in [2.05, 4.69) is 28.1 Å². The molecule has 0 spiro atoms. The van der Waals surface area contributed by atoms with Crippen LogP contribution in [0.3, 0.4) is 0 Å². The number of ether oxygens (including phenoxy) is 1. The van der Waals surface area contributed by atoms with Crippen LogP contribution in [0.1, 0.15) is 6.23 Å². The average Bonchev–Trinajstić information content (AvgIpc) is 3.12. The van der Waals surface area contributed by atoms with Crippen LogP contribution >= 0.6 is 23.5 Å². The molecule has 1 aliphatic heterocycles. The standard InChI is InChI=1S/C10H16N5O14P3/c11-10-13-7-4(8(18)14-10)12-2-15(7)9-6(17)5(16)3(27-9)1-26-31(22,23)29-32(24,25)28-30(19,20)21/h2-3,5-6,9,16-17H,1H2,(H,22,23)(H,24,25)(H2,19,20,21)(H3,11,13,14,18)/t3-,5-,6-,9+/m1/s1. The van der Waals surface area contributed by atoms with Gasteiger partial charge in [0.25, 0.3) is 5.56 Å². The summed E-state index contributed by atoms with van der Waals surface area (Å²) >= 11 is 0. The van der Waals surface area contributed by atoms with Gasteiger partial charge in [0.1, 0.15) is 18.3 Å². The van der Waals surface area contributed by atoms with Gasteiger partial charge in [-0.1, -0.05) is 0 Å². The van der Waals surface area contributed by atoms with Crippen LogP contribution < -0.4 is 11.3 Å². The highest BCUT2D eigenvalue weighted by Crippen LogP contribution is 2.66. The van der Waals surface area contributed by atoms with Crippen LogP contribution in [0.5, 0.6) is 0 Å². The lowest BCUT2D eigenvalue weighted by Crippen LogP contribution is -2.33. The highest BCUT2D eigenvalue weighted by atomic mass is 31.3. The summed E-state index contributed by atoms with van der Waals surface area (Å²) in [6, 6.07) is 0. The van der Waals surface area contributed by atoms with Crippen molar-refractivity contribution >= 4 is 40.6 Å². The second-order valence-electron chi connectivity index (χ2n) is 6.21. The Kier molecular flexibility index (Phi) is 6.78. The van der Waals surface area contributed by atoms with E-state index in [4.69, 9.17) is 25.2 Å². The van der Waals surface area contributed by atoms with E-state index in [0.717, 1.165) is 10.9 Å². The van der Waals surface area contributed by atoms with Crippen molar-refractivity contribution in [1.82, 2.24) is 19.5 Å². The first-order valence-electron chi connectivity index (χ1n) is 8.11. The Hall–Kier alpha value is -1.56. The number of aromatic amines is 1. The lowest BCUT2D eigenvalue weighted by molar-refractivity contribution is -0.0503. The summed E-state index contributed by atoms with van der Waals surface area (Å²) in [5.41, 5.74) is 4.50. The minimum Gasteiger partial charge on any atom is -0.387 e. The Bertz CT molecular complexity index is 1210. The first-order valence-corrected chi connectivity index (χ1v) is 12.6. The molecule has 1 fully saturated rings.